The summed E-state index contributed by atoms with van der Waals surface area (Å²) in [6.07, 6.45) is 22.8. The molecule has 0 atom stereocenters. The Kier molecular flexibility index (Phi) is 17.1. The van der Waals surface area contributed by atoms with Crippen molar-refractivity contribution in [2.75, 3.05) is 0 Å². The van der Waals surface area contributed by atoms with Crippen LogP contribution in [0.3, 0.4) is 0 Å². The van der Waals surface area contributed by atoms with Crippen molar-refractivity contribution in [1.29, 1.82) is 0 Å². The van der Waals surface area contributed by atoms with Crippen LogP contribution in [-0.4, -0.2) is 10.5 Å². The first-order valence-electron chi connectivity index (χ1n) is 9.94. The molecule has 0 aliphatic carbocycles. The highest BCUT2D eigenvalue weighted by molar-refractivity contribution is 9.10. The zero-order valence-electron chi connectivity index (χ0n) is 15.7. The molecular weight excluding hydrogens is 362 g/mol. The summed E-state index contributed by atoms with van der Waals surface area (Å²) in [4.78, 5) is 4.43. The van der Waals surface area contributed by atoms with Gasteiger partial charge in [0.1, 0.15) is 0 Å². The molecule has 0 aliphatic rings. The van der Waals surface area contributed by atoms with E-state index in [0.29, 0.717) is 0 Å². The Labute approximate surface area is 158 Å². The average Bonchev–Trinajstić information content (AvgIpc) is 2.57. The van der Waals surface area contributed by atoms with E-state index in [2.05, 4.69) is 33.9 Å². The fourth-order valence-electron chi connectivity index (χ4n) is 3.09. The van der Waals surface area contributed by atoms with Crippen LogP contribution < -0.4 is 0 Å². The molecule has 3 heteroatoms. The molecule has 1 rings (SSSR count). The smallest absolute Gasteiger partial charge is 0.0545 e. The molecule has 140 valence electrons. The Bertz CT molecular complexity index is 384. The topological polar surface area (TPSA) is 44.4 Å². The highest BCUT2D eigenvalue weighted by atomic mass is 79.9. The van der Waals surface area contributed by atoms with Crippen molar-refractivity contribution in [3.63, 3.8) is 0 Å². The van der Waals surface area contributed by atoms with E-state index in [1.54, 1.807) is 0 Å². The van der Waals surface area contributed by atoms with Crippen molar-refractivity contribution in [2.45, 2.75) is 103 Å². The Balaban J connectivity index is 0.00000529. The quantitative estimate of drug-likeness (QED) is 0.291. The van der Waals surface area contributed by atoms with Crippen LogP contribution >= 0.6 is 15.9 Å². The minimum atomic E-state index is 0. The Morgan fingerprint density at radius 2 is 1.21 bits per heavy atom. The lowest BCUT2D eigenvalue weighted by Gasteiger charge is -2.04. The van der Waals surface area contributed by atoms with Gasteiger partial charge in [0, 0.05) is 10.7 Å². The number of aromatic nitrogens is 1. The van der Waals surface area contributed by atoms with Gasteiger partial charge in [0.05, 0.1) is 5.69 Å². The lowest BCUT2D eigenvalue weighted by molar-refractivity contribution is 0.535. The molecule has 0 aliphatic heterocycles. The largest absolute Gasteiger partial charge is 0.412 e. The van der Waals surface area contributed by atoms with Gasteiger partial charge in [-0.25, -0.2) is 0 Å². The second-order valence-electron chi connectivity index (χ2n) is 6.78. The van der Waals surface area contributed by atoms with E-state index in [4.69, 9.17) is 0 Å². The first-order valence-corrected chi connectivity index (χ1v) is 10.7. The third-order valence-corrected chi connectivity index (χ3v) is 5.32. The maximum Gasteiger partial charge on any atom is 0.0545 e. The zero-order chi connectivity index (χ0) is 16.6. The van der Waals surface area contributed by atoms with Crippen LogP contribution in [0.15, 0.2) is 22.8 Å². The van der Waals surface area contributed by atoms with Crippen LogP contribution in [0, 0.1) is 0 Å². The van der Waals surface area contributed by atoms with Gasteiger partial charge in [-0.3, -0.25) is 4.98 Å². The van der Waals surface area contributed by atoms with Gasteiger partial charge in [-0.2, -0.15) is 0 Å². The van der Waals surface area contributed by atoms with Crippen molar-refractivity contribution in [3.8, 4) is 0 Å². The first kappa shape index (κ1) is 23.6. The minimum absolute atomic E-state index is 0. The average molecular weight is 400 g/mol. The number of aryl methyl sites for hydroxylation is 1. The van der Waals surface area contributed by atoms with E-state index in [-0.39, 0.29) is 5.48 Å². The molecule has 1 aromatic heterocycles. The van der Waals surface area contributed by atoms with E-state index in [1.807, 2.05) is 12.3 Å². The number of rotatable bonds is 15. The molecule has 0 aromatic carbocycles. The van der Waals surface area contributed by atoms with E-state index in [0.717, 1.165) is 10.9 Å². The summed E-state index contributed by atoms with van der Waals surface area (Å²) in [5.41, 5.74) is 1.21. The van der Waals surface area contributed by atoms with Crippen molar-refractivity contribution < 1.29 is 5.48 Å². The van der Waals surface area contributed by atoms with Crippen LogP contribution in [0.2, 0.25) is 0 Å². The summed E-state index contributed by atoms with van der Waals surface area (Å²) in [6.45, 7) is 2.29. The van der Waals surface area contributed by atoms with Gasteiger partial charge >= 0.3 is 0 Å². The molecule has 0 radical (unpaired) electrons. The first-order chi connectivity index (χ1) is 11.3. The predicted molar refractivity (Wildman–Crippen MR) is 110 cm³/mol. The fourth-order valence-corrected chi connectivity index (χ4v) is 3.54. The van der Waals surface area contributed by atoms with Crippen LogP contribution in [0.1, 0.15) is 103 Å². The summed E-state index contributed by atoms with van der Waals surface area (Å²) in [6, 6.07) is 4.07. The summed E-state index contributed by atoms with van der Waals surface area (Å²) < 4.78 is 1.16. The zero-order valence-corrected chi connectivity index (χ0v) is 17.2. The lowest BCUT2D eigenvalue weighted by atomic mass is 10.0. The van der Waals surface area contributed by atoms with Gasteiger partial charge in [0.15, 0.2) is 0 Å². The highest BCUT2D eigenvalue weighted by Crippen LogP contribution is 2.17. The van der Waals surface area contributed by atoms with Gasteiger partial charge in [-0.05, 0) is 40.9 Å². The maximum absolute atomic E-state index is 4.43. The summed E-state index contributed by atoms with van der Waals surface area (Å²) >= 11 is 3.58. The molecule has 2 N–H and O–H groups in total. The molecule has 0 spiro atoms. The molecule has 0 saturated heterocycles. The van der Waals surface area contributed by atoms with E-state index >= 15 is 0 Å². The molecule has 0 bridgehead atoms. The number of hydrogen-bond donors (Lipinski definition) is 0. The fraction of sp³-hybridized carbons (Fsp3) is 0.762. The standard InChI is InChI=1S/C21H36BrN.H2O/c1-2-3-4-5-6-7-8-9-10-11-12-13-14-15-18-21-20(22)17-16-19-23-21;/h16-17,19H,2-15,18H2,1H3;1H2. The molecule has 2 nitrogen and oxygen atoms in total. The van der Waals surface area contributed by atoms with Crippen LogP contribution in [-0.2, 0) is 6.42 Å². The molecule has 1 aromatic rings. The van der Waals surface area contributed by atoms with Crippen LogP contribution in [0.5, 0.6) is 0 Å². The Hall–Kier alpha value is -0.410. The van der Waals surface area contributed by atoms with E-state index < -0.39 is 0 Å². The molecule has 0 unspecified atom stereocenters. The minimum Gasteiger partial charge on any atom is -0.412 e. The molecule has 24 heavy (non-hydrogen) atoms. The van der Waals surface area contributed by atoms with Crippen molar-refractivity contribution in [1.82, 2.24) is 4.98 Å². The SMILES string of the molecule is CCCCCCCCCCCCCCCCc1ncccc1Br.O. The summed E-state index contributed by atoms with van der Waals surface area (Å²) in [5, 5.41) is 0. The van der Waals surface area contributed by atoms with Gasteiger partial charge in [0.25, 0.3) is 0 Å². The summed E-state index contributed by atoms with van der Waals surface area (Å²) in [7, 11) is 0. The van der Waals surface area contributed by atoms with Gasteiger partial charge in [-0.1, -0.05) is 90.4 Å². The van der Waals surface area contributed by atoms with E-state index in [1.165, 1.54) is 95.6 Å². The Morgan fingerprint density at radius 3 is 1.67 bits per heavy atom. The van der Waals surface area contributed by atoms with Gasteiger partial charge < -0.3 is 5.48 Å². The molecule has 0 saturated carbocycles. The van der Waals surface area contributed by atoms with Crippen LogP contribution in [0.4, 0.5) is 0 Å². The van der Waals surface area contributed by atoms with Gasteiger partial charge in [-0.15, -0.1) is 0 Å². The Morgan fingerprint density at radius 1 is 0.750 bits per heavy atom. The second kappa shape index (κ2) is 17.4. The van der Waals surface area contributed by atoms with Gasteiger partial charge in [0.2, 0.25) is 0 Å². The van der Waals surface area contributed by atoms with Crippen molar-refractivity contribution in [3.05, 3.63) is 28.5 Å². The monoisotopic (exact) mass is 399 g/mol. The lowest BCUT2D eigenvalue weighted by Crippen LogP contribution is -1.91. The predicted octanol–water partition coefficient (Wildman–Crippen LogP) is 7.04. The number of pyridine rings is 1. The van der Waals surface area contributed by atoms with Crippen molar-refractivity contribution in [2.24, 2.45) is 0 Å². The highest BCUT2D eigenvalue weighted by Gasteiger charge is 2.00. The second-order valence-corrected chi connectivity index (χ2v) is 7.63. The molecule has 1 heterocycles. The van der Waals surface area contributed by atoms with E-state index in [9.17, 15) is 0 Å². The molecule has 0 amide bonds. The number of unbranched alkanes of at least 4 members (excludes halogenated alkanes) is 13. The van der Waals surface area contributed by atoms with Crippen LogP contribution in [0.25, 0.3) is 0 Å². The summed E-state index contributed by atoms with van der Waals surface area (Å²) in [5.74, 6) is 0. The molecular formula is C21H38BrNO. The number of nitrogens with zero attached hydrogens (tertiary/aromatic N) is 1. The number of hydrogen-bond acceptors (Lipinski definition) is 1. The molecule has 0 fully saturated rings. The third kappa shape index (κ3) is 12.9. The maximum atomic E-state index is 4.43. The normalized spacial score (nSPS) is 10.6. The third-order valence-electron chi connectivity index (χ3n) is 4.60. The number of halogens is 1. The van der Waals surface area contributed by atoms with Crippen molar-refractivity contribution >= 4 is 15.9 Å².